The molecule has 154 valence electrons. The van der Waals surface area contributed by atoms with Gasteiger partial charge in [-0.25, -0.2) is 0 Å². The van der Waals surface area contributed by atoms with E-state index in [1.165, 1.54) is 0 Å². The fourth-order valence-corrected chi connectivity index (χ4v) is 3.09. The molecule has 2 aromatic rings. The summed E-state index contributed by atoms with van der Waals surface area (Å²) in [4.78, 5) is 24.7. The molecule has 0 atom stereocenters. The zero-order chi connectivity index (χ0) is 21.4. The SMILES string of the molecule is CCNC(=O)c1ccccc1NC(=S)NC(=O)c1ccc(OCC(C)C)c(Br)c1. The van der Waals surface area contributed by atoms with Gasteiger partial charge in [0.2, 0.25) is 0 Å². The van der Waals surface area contributed by atoms with E-state index in [4.69, 9.17) is 17.0 Å². The predicted octanol–water partition coefficient (Wildman–Crippen LogP) is 4.36. The second-order valence-electron chi connectivity index (χ2n) is 6.66. The van der Waals surface area contributed by atoms with Crippen molar-refractivity contribution in [2.75, 3.05) is 18.5 Å². The van der Waals surface area contributed by atoms with E-state index in [0.29, 0.717) is 46.1 Å². The molecule has 0 radical (unpaired) electrons. The summed E-state index contributed by atoms with van der Waals surface area (Å²) in [6.07, 6.45) is 0. The van der Waals surface area contributed by atoms with Crippen molar-refractivity contribution in [1.29, 1.82) is 0 Å². The van der Waals surface area contributed by atoms with E-state index in [0.717, 1.165) is 0 Å². The maximum absolute atomic E-state index is 12.5. The lowest BCUT2D eigenvalue weighted by atomic mass is 10.1. The lowest BCUT2D eigenvalue weighted by Gasteiger charge is -2.14. The quantitative estimate of drug-likeness (QED) is 0.516. The van der Waals surface area contributed by atoms with E-state index in [2.05, 4.69) is 45.7 Å². The fourth-order valence-electron chi connectivity index (χ4n) is 2.39. The Morgan fingerprint density at radius 3 is 2.52 bits per heavy atom. The Labute approximate surface area is 184 Å². The largest absolute Gasteiger partial charge is 0.492 e. The van der Waals surface area contributed by atoms with Crippen LogP contribution in [0, 0.1) is 5.92 Å². The van der Waals surface area contributed by atoms with Crippen molar-refractivity contribution in [3.8, 4) is 5.75 Å². The molecule has 3 N–H and O–H groups in total. The minimum atomic E-state index is -0.367. The fraction of sp³-hybridized carbons (Fsp3) is 0.286. The van der Waals surface area contributed by atoms with E-state index >= 15 is 0 Å². The number of para-hydroxylation sites is 1. The van der Waals surface area contributed by atoms with Crippen molar-refractivity contribution >= 4 is 50.8 Å². The lowest BCUT2D eigenvalue weighted by molar-refractivity contribution is 0.0954. The molecule has 0 bridgehead atoms. The maximum Gasteiger partial charge on any atom is 0.257 e. The van der Waals surface area contributed by atoms with Gasteiger partial charge in [-0.2, -0.15) is 0 Å². The third kappa shape index (κ3) is 6.83. The average molecular weight is 478 g/mol. The summed E-state index contributed by atoms with van der Waals surface area (Å²) in [5, 5.41) is 8.38. The van der Waals surface area contributed by atoms with E-state index in [1.807, 2.05) is 6.92 Å². The van der Waals surface area contributed by atoms with Crippen LogP contribution in [-0.2, 0) is 0 Å². The number of thiocarbonyl (C=S) groups is 1. The van der Waals surface area contributed by atoms with Crippen LogP contribution in [0.25, 0.3) is 0 Å². The number of halogens is 1. The van der Waals surface area contributed by atoms with Gasteiger partial charge in [-0.05, 0) is 71.3 Å². The summed E-state index contributed by atoms with van der Waals surface area (Å²) in [5.41, 5.74) is 1.39. The Hall–Kier alpha value is -2.45. The smallest absolute Gasteiger partial charge is 0.257 e. The molecule has 2 aromatic carbocycles. The number of hydrogen-bond acceptors (Lipinski definition) is 4. The highest BCUT2D eigenvalue weighted by Gasteiger charge is 2.14. The molecule has 0 aliphatic carbocycles. The first-order chi connectivity index (χ1) is 13.8. The molecule has 0 heterocycles. The van der Waals surface area contributed by atoms with Gasteiger partial charge >= 0.3 is 0 Å². The van der Waals surface area contributed by atoms with Gasteiger partial charge in [0.15, 0.2) is 5.11 Å². The summed E-state index contributed by atoms with van der Waals surface area (Å²) in [6, 6.07) is 12.0. The van der Waals surface area contributed by atoms with Crippen LogP contribution in [0.4, 0.5) is 5.69 Å². The van der Waals surface area contributed by atoms with Crippen molar-refractivity contribution in [3.63, 3.8) is 0 Å². The minimum Gasteiger partial charge on any atom is -0.492 e. The molecule has 0 fully saturated rings. The first-order valence-corrected chi connectivity index (χ1v) is 10.4. The van der Waals surface area contributed by atoms with Crippen molar-refractivity contribution in [3.05, 3.63) is 58.1 Å². The molecule has 0 unspecified atom stereocenters. The van der Waals surface area contributed by atoms with Gasteiger partial charge in [-0.1, -0.05) is 26.0 Å². The highest BCUT2D eigenvalue weighted by atomic mass is 79.9. The Balaban J connectivity index is 2.04. The van der Waals surface area contributed by atoms with Gasteiger partial charge in [0.05, 0.1) is 22.3 Å². The van der Waals surface area contributed by atoms with Crippen molar-refractivity contribution in [2.24, 2.45) is 5.92 Å². The number of amides is 2. The van der Waals surface area contributed by atoms with Crippen LogP contribution in [-0.4, -0.2) is 30.1 Å². The van der Waals surface area contributed by atoms with Crippen LogP contribution in [0.5, 0.6) is 5.75 Å². The van der Waals surface area contributed by atoms with Crippen LogP contribution >= 0.6 is 28.1 Å². The Morgan fingerprint density at radius 2 is 1.86 bits per heavy atom. The molecule has 0 saturated carbocycles. The van der Waals surface area contributed by atoms with Crippen molar-refractivity contribution in [2.45, 2.75) is 20.8 Å². The monoisotopic (exact) mass is 477 g/mol. The van der Waals surface area contributed by atoms with Gasteiger partial charge < -0.3 is 15.4 Å². The standard InChI is InChI=1S/C21H24BrN3O3S/c1-4-23-20(27)15-7-5-6-8-17(15)24-21(29)25-19(26)14-9-10-18(16(22)11-14)28-12-13(2)3/h5-11,13H,4,12H2,1-3H3,(H,23,27)(H2,24,25,26,29). The molecule has 0 aliphatic heterocycles. The van der Waals surface area contributed by atoms with Crippen LogP contribution in [0.15, 0.2) is 46.9 Å². The number of anilines is 1. The highest BCUT2D eigenvalue weighted by molar-refractivity contribution is 9.10. The second-order valence-corrected chi connectivity index (χ2v) is 7.93. The molecule has 0 saturated heterocycles. The van der Waals surface area contributed by atoms with Gasteiger partial charge in [-0.3, -0.25) is 14.9 Å². The molecule has 2 amide bonds. The molecule has 0 aliphatic rings. The number of benzene rings is 2. The molecule has 0 spiro atoms. The van der Waals surface area contributed by atoms with E-state index < -0.39 is 0 Å². The normalized spacial score (nSPS) is 10.4. The van der Waals surface area contributed by atoms with E-state index in [9.17, 15) is 9.59 Å². The average Bonchev–Trinajstić information content (AvgIpc) is 2.67. The topological polar surface area (TPSA) is 79.5 Å². The van der Waals surface area contributed by atoms with Crippen molar-refractivity contribution in [1.82, 2.24) is 10.6 Å². The Kier molecular flexibility index (Phi) is 8.60. The number of carbonyl (C=O) groups is 2. The van der Waals surface area contributed by atoms with Crippen LogP contribution in [0.1, 0.15) is 41.5 Å². The Bertz CT molecular complexity index is 902. The summed E-state index contributed by atoms with van der Waals surface area (Å²) in [7, 11) is 0. The van der Waals surface area contributed by atoms with Gasteiger partial charge in [0, 0.05) is 12.1 Å². The number of carbonyl (C=O) groups excluding carboxylic acids is 2. The summed E-state index contributed by atoms with van der Waals surface area (Å²) in [5.74, 6) is 0.488. The Morgan fingerprint density at radius 1 is 1.14 bits per heavy atom. The molecular formula is C21H24BrN3O3S. The van der Waals surface area contributed by atoms with E-state index in [1.54, 1.807) is 42.5 Å². The lowest BCUT2D eigenvalue weighted by Crippen LogP contribution is -2.35. The highest BCUT2D eigenvalue weighted by Crippen LogP contribution is 2.26. The third-order valence-electron chi connectivity index (χ3n) is 3.75. The molecule has 8 heteroatoms. The number of rotatable bonds is 7. The zero-order valence-electron chi connectivity index (χ0n) is 16.5. The summed E-state index contributed by atoms with van der Waals surface area (Å²) < 4.78 is 6.38. The minimum absolute atomic E-state index is 0.100. The maximum atomic E-state index is 12.5. The van der Waals surface area contributed by atoms with Gasteiger partial charge in [0.1, 0.15) is 5.75 Å². The molecule has 29 heavy (non-hydrogen) atoms. The van der Waals surface area contributed by atoms with E-state index in [-0.39, 0.29) is 16.9 Å². The van der Waals surface area contributed by atoms with Gasteiger partial charge in [0.25, 0.3) is 11.8 Å². The second kappa shape index (κ2) is 10.9. The summed E-state index contributed by atoms with van der Waals surface area (Å²) in [6.45, 7) is 7.07. The van der Waals surface area contributed by atoms with Crippen LogP contribution < -0.4 is 20.7 Å². The first kappa shape index (κ1) is 22.8. The van der Waals surface area contributed by atoms with Crippen LogP contribution in [0.2, 0.25) is 0 Å². The number of ether oxygens (including phenoxy) is 1. The van der Waals surface area contributed by atoms with Crippen LogP contribution in [0.3, 0.4) is 0 Å². The zero-order valence-corrected chi connectivity index (χ0v) is 18.9. The van der Waals surface area contributed by atoms with Gasteiger partial charge in [-0.15, -0.1) is 0 Å². The molecule has 2 rings (SSSR count). The summed E-state index contributed by atoms with van der Waals surface area (Å²) >= 11 is 8.67. The third-order valence-corrected chi connectivity index (χ3v) is 4.57. The molecule has 0 aromatic heterocycles. The number of hydrogen-bond donors (Lipinski definition) is 3. The predicted molar refractivity (Wildman–Crippen MR) is 123 cm³/mol. The van der Waals surface area contributed by atoms with Crippen molar-refractivity contribution < 1.29 is 14.3 Å². The number of nitrogens with one attached hydrogen (secondary N) is 3. The first-order valence-electron chi connectivity index (χ1n) is 9.23. The molecule has 6 nitrogen and oxygen atoms in total. The molecular weight excluding hydrogens is 454 g/mol.